The number of carboxylic acid groups (broad SMARTS) is 1. The van der Waals surface area contributed by atoms with Crippen molar-refractivity contribution >= 4 is 64.0 Å². The molecule has 2 aliphatic heterocycles. The number of carboxylic acids is 1. The Labute approximate surface area is 230 Å². The average Bonchev–Trinajstić information content (AvgIpc) is 2.91. The number of halogens is 2. The van der Waals surface area contributed by atoms with Crippen molar-refractivity contribution in [2.24, 2.45) is 17.6 Å². The first-order chi connectivity index (χ1) is 17.7. The monoisotopic (exact) mass is 561 g/mol. The summed E-state index contributed by atoms with van der Waals surface area (Å²) in [5.41, 5.74) is 7.16. The van der Waals surface area contributed by atoms with Gasteiger partial charge >= 0.3 is 5.97 Å². The molecule has 37 heavy (non-hydrogen) atoms. The number of carbonyl (C=O) groups is 3. The molecule has 2 aliphatic rings. The van der Waals surface area contributed by atoms with Crippen LogP contribution < -0.4 is 10.6 Å². The molecule has 2 aromatic carbocycles. The SMILES string of the molecule is C=C(C(=O)N1CCC(C(N)=O)CC1)c1ccc(Sc2cccc(N3CCC(C(=O)O)CC3)c2)c(Cl)c1Cl. The third kappa shape index (κ3) is 6.25. The van der Waals surface area contributed by atoms with Crippen LogP contribution in [-0.2, 0) is 14.4 Å². The zero-order chi connectivity index (χ0) is 26.7. The number of nitrogens with zero attached hydrogens (tertiary/aromatic N) is 2. The van der Waals surface area contributed by atoms with Gasteiger partial charge in [0.25, 0.3) is 5.91 Å². The minimum atomic E-state index is -0.726. The van der Waals surface area contributed by atoms with Gasteiger partial charge in [0.15, 0.2) is 0 Å². The van der Waals surface area contributed by atoms with Crippen LogP contribution in [0.3, 0.4) is 0 Å². The van der Waals surface area contributed by atoms with E-state index in [-0.39, 0.29) is 34.2 Å². The molecule has 196 valence electrons. The first-order valence-corrected chi connectivity index (χ1v) is 13.7. The van der Waals surface area contributed by atoms with Gasteiger partial charge in [-0.15, -0.1) is 0 Å². The molecular formula is C27H29Cl2N3O4S. The number of nitrogens with two attached hydrogens (primary N) is 1. The molecule has 2 aromatic rings. The van der Waals surface area contributed by atoms with Crippen LogP contribution in [0.2, 0.25) is 10.0 Å². The zero-order valence-electron chi connectivity index (χ0n) is 20.3. The Hall–Kier alpha value is -2.68. The lowest BCUT2D eigenvalue weighted by molar-refractivity contribution is -0.142. The topological polar surface area (TPSA) is 104 Å². The highest BCUT2D eigenvalue weighted by Gasteiger charge is 2.28. The molecule has 2 heterocycles. The molecule has 2 saturated heterocycles. The summed E-state index contributed by atoms with van der Waals surface area (Å²) in [7, 11) is 0. The summed E-state index contributed by atoms with van der Waals surface area (Å²) in [5, 5.41) is 9.86. The molecule has 0 radical (unpaired) electrons. The smallest absolute Gasteiger partial charge is 0.306 e. The van der Waals surface area contributed by atoms with Gasteiger partial charge in [-0.25, -0.2) is 0 Å². The second-order valence-electron chi connectivity index (χ2n) is 9.39. The van der Waals surface area contributed by atoms with Crippen LogP contribution in [-0.4, -0.2) is 54.0 Å². The Morgan fingerprint density at radius 1 is 0.946 bits per heavy atom. The fourth-order valence-electron chi connectivity index (χ4n) is 4.77. The van der Waals surface area contributed by atoms with Crippen LogP contribution in [0, 0.1) is 11.8 Å². The Kier molecular flexibility index (Phi) is 8.72. The number of rotatable bonds is 7. The van der Waals surface area contributed by atoms with E-state index in [0.29, 0.717) is 62.4 Å². The molecule has 0 unspecified atom stereocenters. The highest BCUT2D eigenvalue weighted by atomic mass is 35.5. The Morgan fingerprint density at radius 3 is 2.22 bits per heavy atom. The number of primary amides is 1. The maximum atomic E-state index is 13.0. The quantitative estimate of drug-likeness (QED) is 0.451. The lowest BCUT2D eigenvalue weighted by atomic mass is 9.95. The number of hydrogen-bond donors (Lipinski definition) is 2. The van der Waals surface area contributed by atoms with Gasteiger partial charge in [-0.1, -0.05) is 53.7 Å². The van der Waals surface area contributed by atoms with Crippen molar-refractivity contribution in [2.75, 3.05) is 31.1 Å². The fraction of sp³-hybridized carbons (Fsp3) is 0.370. The zero-order valence-corrected chi connectivity index (χ0v) is 22.6. The van der Waals surface area contributed by atoms with Gasteiger partial charge in [-0.05, 0) is 49.9 Å². The van der Waals surface area contributed by atoms with Crippen LogP contribution in [0.25, 0.3) is 5.57 Å². The predicted molar refractivity (Wildman–Crippen MR) is 147 cm³/mol. The van der Waals surface area contributed by atoms with E-state index in [2.05, 4.69) is 17.5 Å². The highest BCUT2D eigenvalue weighted by Crippen LogP contribution is 2.41. The van der Waals surface area contributed by atoms with E-state index in [1.165, 1.54) is 11.8 Å². The van der Waals surface area contributed by atoms with E-state index >= 15 is 0 Å². The maximum absolute atomic E-state index is 13.0. The van der Waals surface area contributed by atoms with Crippen LogP contribution in [0.15, 0.2) is 52.8 Å². The van der Waals surface area contributed by atoms with Crippen molar-refractivity contribution < 1.29 is 19.5 Å². The van der Waals surface area contributed by atoms with E-state index in [9.17, 15) is 19.5 Å². The average molecular weight is 563 g/mol. The van der Waals surface area contributed by atoms with Crippen molar-refractivity contribution in [3.8, 4) is 0 Å². The van der Waals surface area contributed by atoms with Crippen molar-refractivity contribution in [3.63, 3.8) is 0 Å². The molecule has 0 aliphatic carbocycles. The lowest BCUT2D eigenvalue weighted by Crippen LogP contribution is -2.41. The molecular weight excluding hydrogens is 533 g/mol. The lowest BCUT2D eigenvalue weighted by Gasteiger charge is -2.32. The summed E-state index contributed by atoms with van der Waals surface area (Å²) in [6.45, 7) is 6.25. The normalized spacial score (nSPS) is 17.0. The largest absolute Gasteiger partial charge is 0.481 e. The van der Waals surface area contributed by atoms with E-state index < -0.39 is 5.97 Å². The summed E-state index contributed by atoms with van der Waals surface area (Å²) < 4.78 is 0. The van der Waals surface area contributed by atoms with Crippen molar-refractivity contribution in [1.29, 1.82) is 0 Å². The molecule has 7 nitrogen and oxygen atoms in total. The Balaban J connectivity index is 1.44. The predicted octanol–water partition coefficient (Wildman–Crippen LogP) is 5.18. The van der Waals surface area contributed by atoms with E-state index in [1.807, 2.05) is 24.3 Å². The van der Waals surface area contributed by atoms with Gasteiger partial charge in [-0.3, -0.25) is 14.4 Å². The van der Waals surface area contributed by atoms with Gasteiger partial charge < -0.3 is 20.6 Å². The van der Waals surface area contributed by atoms with Gasteiger partial charge in [0.05, 0.1) is 16.0 Å². The van der Waals surface area contributed by atoms with Gasteiger partial charge in [0, 0.05) is 58.7 Å². The minimum Gasteiger partial charge on any atom is -0.481 e. The van der Waals surface area contributed by atoms with Crippen molar-refractivity contribution in [3.05, 3.63) is 58.6 Å². The molecule has 0 saturated carbocycles. The number of carbonyl (C=O) groups excluding carboxylic acids is 2. The number of piperidine rings is 2. The number of amides is 2. The van der Waals surface area contributed by atoms with E-state index in [4.69, 9.17) is 28.9 Å². The Bertz CT molecular complexity index is 1220. The molecule has 3 N–H and O–H groups in total. The molecule has 0 atom stereocenters. The summed E-state index contributed by atoms with van der Waals surface area (Å²) in [6, 6.07) is 11.6. The van der Waals surface area contributed by atoms with E-state index in [0.717, 1.165) is 15.5 Å². The van der Waals surface area contributed by atoms with Gasteiger partial charge in [-0.2, -0.15) is 0 Å². The second-order valence-corrected chi connectivity index (χ2v) is 11.3. The van der Waals surface area contributed by atoms with Crippen LogP contribution in [0.1, 0.15) is 31.2 Å². The molecule has 0 aromatic heterocycles. The number of anilines is 1. The number of likely N-dealkylation sites (tertiary alicyclic amines) is 1. The van der Waals surface area contributed by atoms with Crippen LogP contribution in [0.5, 0.6) is 0 Å². The number of hydrogen-bond acceptors (Lipinski definition) is 5. The van der Waals surface area contributed by atoms with Crippen molar-refractivity contribution in [1.82, 2.24) is 4.90 Å². The number of aliphatic carboxylic acids is 1. The highest BCUT2D eigenvalue weighted by molar-refractivity contribution is 7.99. The third-order valence-electron chi connectivity index (χ3n) is 7.07. The summed E-state index contributed by atoms with van der Waals surface area (Å²) in [4.78, 5) is 41.3. The van der Waals surface area contributed by atoms with Crippen LogP contribution >= 0.6 is 35.0 Å². The first kappa shape index (κ1) is 27.4. The number of benzene rings is 2. The standard InChI is InChI=1S/C27H29Cl2N3O4S/c1-16(26(34)32-13-7-17(8-14-32)25(30)33)21-5-6-22(24(29)23(21)28)37-20-4-2-3-19(15-20)31-11-9-18(10-12-31)27(35)36/h2-6,15,17-18H,1,7-14H2,(H2,30,33)(H,35,36). The maximum Gasteiger partial charge on any atom is 0.306 e. The van der Waals surface area contributed by atoms with E-state index in [1.54, 1.807) is 11.0 Å². The molecule has 0 spiro atoms. The summed E-state index contributed by atoms with van der Waals surface area (Å²) in [5.74, 6) is -1.78. The molecule has 4 rings (SSSR count). The fourth-order valence-corrected chi connectivity index (χ4v) is 6.30. The van der Waals surface area contributed by atoms with Gasteiger partial charge in [0.2, 0.25) is 5.91 Å². The first-order valence-electron chi connectivity index (χ1n) is 12.2. The molecule has 10 heteroatoms. The Morgan fingerprint density at radius 2 is 1.59 bits per heavy atom. The second kappa shape index (κ2) is 11.8. The molecule has 0 bridgehead atoms. The molecule has 2 fully saturated rings. The summed E-state index contributed by atoms with van der Waals surface area (Å²) in [6.07, 6.45) is 2.33. The third-order valence-corrected chi connectivity index (χ3v) is 9.11. The summed E-state index contributed by atoms with van der Waals surface area (Å²) >= 11 is 14.7. The minimum absolute atomic E-state index is 0.207. The van der Waals surface area contributed by atoms with Crippen molar-refractivity contribution in [2.45, 2.75) is 35.5 Å². The molecule has 2 amide bonds. The van der Waals surface area contributed by atoms with Gasteiger partial charge in [0.1, 0.15) is 0 Å². The van der Waals surface area contributed by atoms with Crippen LogP contribution in [0.4, 0.5) is 5.69 Å².